The molecule has 0 bridgehead atoms. The number of benzene rings is 1. The Kier molecular flexibility index (Phi) is 2.64. The van der Waals surface area contributed by atoms with Crippen LogP contribution in [0, 0.1) is 0 Å². The van der Waals surface area contributed by atoms with Crippen LogP contribution in [0.4, 0.5) is 0 Å². The fraction of sp³-hybridized carbons (Fsp3) is 0. The van der Waals surface area contributed by atoms with E-state index >= 15 is 0 Å². The van der Waals surface area contributed by atoms with Crippen molar-refractivity contribution < 1.29 is 10.3 Å². The highest BCUT2D eigenvalue weighted by Crippen LogP contribution is 2.00. The van der Waals surface area contributed by atoms with Gasteiger partial charge in [-0.3, -0.25) is 5.21 Å². The van der Waals surface area contributed by atoms with Crippen molar-refractivity contribution in [3.8, 4) is 0 Å². The smallest absolute Gasteiger partial charge is 0.223 e. The fourth-order valence-corrected chi connectivity index (χ4v) is 1.60. The summed E-state index contributed by atoms with van der Waals surface area (Å²) in [5.41, 5.74) is 6.15. The third-order valence-electron chi connectivity index (χ3n) is 2.30. The first-order chi connectivity index (χ1) is 7.59. The Hall–Kier alpha value is -1.85. The number of nitrogens with zero attached hydrogens (tertiary/aromatic N) is 1. The lowest BCUT2D eigenvalue weighted by Gasteiger charge is -2.09. The number of hydrogen-bond donors (Lipinski definition) is 3. The van der Waals surface area contributed by atoms with Crippen LogP contribution >= 0.6 is 12.2 Å². The number of allylic oxidation sites excluding steroid dienone is 1. The van der Waals surface area contributed by atoms with Gasteiger partial charge in [-0.2, -0.15) is 5.06 Å². The lowest BCUT2D eigenvalue weighted by atomic mass is 10.1. The average molecular weight is 234 g/mol. The van der Waals surface area contributed by atoms with Crippen LogP contribution in [0.1, 0.15) is 5.56 Å². The number of hydroxylamine groups is 2. The van der Waals surface area contributed by atoms with Gasteiger partial charge in [0.15, 0.2) is 0 Å². The van der Waals surface area contributed by atoms with Gasteiger partial charge in [-0.1, -0.05) is 30.4 Å². The van der Waals surface area contributed by atoms with E-state index in [0.29, 0.717) is 15.8 Å². The first-order valence-corrected chi connectivity index (χ1v) is 5.00. The molecule has 0 radical (unpaired) electrons. The Bertz CT molecular complexity index is 592. The van der Waals surface area contributed by atoms with E-state index in [2.05, 4.69) is 0 Å². The summed E-state index contributed by atoms with van der Waals surface area (Å²) >= 11 is 4.85. The van der Waals surface area contributed by atoms with Gasteiger partial charge < -0.3 is 10.8 Å². The van der Waals surface area contributed by atoms with Crippen LogP contribution < -0.4 is 16.2 Å². The molecule has 0 saturated heterocycles. The van der Waals surface area contributed by atoms with Crippen LogP contribution in [0.5, 0.6) is 0 Å². The van der Waals surface area contributed by atoms with Crippen LogP contribution in [0.3, 0.4) is 0 Å². The quantitative estimate of drug-likeness (QED) is 0.594. The van der Waals surface area contributed by atoms with Gasteiger partial charge in [0.1, 0.15) is 4.99 Å². The van der Waals surface area contributed by atoms with Crippen molar-refractivity contribution in [1.29, 1.82) is 0 Å². The molecule has 2 rings (SSSR count). The molecule has 1 heterocycles. The number of hydrogen-bond acceptors (Lipinski definition) is 4. The lowest BCUT2D eigenvalue weighted by molar-refractivity contribution is -0.00520. The van der Waals surface area contributed by atoms with Crippen LogP contribution in [0.15, 0.2) is 30.5 Å². The van der Waals surface area contributed by atoms with Gasteiger partial charge >= 0.3 is 0 Å². The van der Waals surface area contributed by atoms with Gasteiger partial charge in [-0.25, -0.2) is 0 Å². The second-order valence-corrected chi connectivity index (χ2v) is 3.78. The highest BCUT2D eigenvalue weighted by atomic mass is 32.1. The molecule has 0 aromatic heterocycles. The van der Waals surface area contributed by atoms with Crippen LogP contribution in [-0.2, 0) is 0 Å². The van der Waals surface area contributed by atoms with Crippen molar-refractivity contribution in [2.45, 2.75) is 0 Å². The summed E-state index contributed by atoms with van der Waals surface area (Å²) < 4.78 is 0. The molecule has 4 N–H and O–H groups in total. The van der Waals surface area contributed by atoms with E-state index in [1.54, 1.807) is 30.4 Å². The third kappa shape index (κ3) is 1.78. The Labute approximate surface area is 97.2 Å². The Morgan fingerprint density at radius 3 is 2.81 bits per heavy atom. The summed E-state index contributed by atoms with van der Waals surface area (Å²) in [6.45, 7) is 0. The number of thiocarbonyl (C=S) groups is 1. The van der Waals surface area contributed by atoms with Gasteiger partial charge in [0.25, 0.3) is 0 Å². The largest absolute Gasteiger partial charge is 0.493 e. The molecule has 0 atom stereocenters. The minimum absolute atomic E-state index is 0.247. The molecule has 1 aromatic rings. The normalized spacial score (nSPS) is 14.1. The van der Waals surface area contributed by atoms with Gasteiger partial charge in [-0.05, 0) is 17.4 Å². The molecule has 0 amide bonds. The Balaban J connectivity index is 2.80. The molecule has 82 valence electrons. The molecular weight excluding hydrogens is 224 g/mol. The molecule has 0 aliphatic carbocycles. The van der Waals surface area contributed by atoms with Gasteiger partial charge in [-0.15, -0.1) is 0 Å². The van der Waals surface area contributed by atoms with E-state index in [4.69, 9.17) is 18.0 Å². The Morgan fingerprint density at radius 2 is 2.12 bits per heavy atom. The third-order valence-corrected chi connectivity index (χ3v) is 2.53. The predicted octanol–water partition coefficient (Wildman–Crippen LogP) is -0.0565. The second-order valence-electron chi connectivity index (χ2n) is 3.34. The van der Waals surface area contributed by atoms with E-state index < -0.39 is 0 Å². The minimum atomic E-state index is -0.252. The summed E-state index contributed by atoms with van der Waals surface area (Å²) in [6, 6.07) is 5.19. The van der Waals surface area contributed by atoms with Gasteiger partial charge in [0.2, 0.25) is 5.88 Å². The molecule has 0 saturated carbocycles. The SMILES string of the molecule is NC(=S)c1ccc2c(c1)=C(O)N(O)C=CC=2. The van der Waals surface area contributed by atoms with Crippen molar-refractivity contribution in [2.75, 3.05) is 0 Å². The maximum absolute atomic E-state index is 9.75. The van der Waals surface area contributed by atoms with Gasteiger partial charge in [0, 0.05) is 17.0 Å². The molecule has 1 aliphatic heterocycles. The highest BCUT2D eigenvalue weighted by Gasteiger charge is 2.06. The van der Waals surface area contributed by atoms with Crippen molar-refractivity contribution >= 4 is 29.2 Å². The zero-order valence-electron chi connectivity index (χ0n) is 8.29. The second kappa shape index (κ2) is 3.96. The first kappa shape index (κ1) is 10.7. The summed E-state index contributed by atoms with van der Waals surface area (Å²) in [7, 11) is 0. The maximum atomic E-state index is 9.75. The molecule has 0 spiro atoms. The summed E-state index contributed by atoms with van der Waals surface area (Å²) in [6.07, 6.45) is 4.74. The molecule has 4 nitrogen and oxygen atoms in total. The Morgan fingerprint density at radius 1 is 1.38 bits per heavy atom. The summed E-state index contributed by atoms with van der Waals surface area (Å²) in [5, 5.41) is 21.1. The number of aliphatic hydroxyl groups is 1. The molecular formula is C11H10N2O2S. The monoisotopic (exact) mass is 234 g/mol. The molecule has 0 fully saturated rings. The standard InChI is InChI=1S/C11H10N2O2S/c12-10(16)8-4-3-7-2-1-5-13(15)11(14)9(7)6-8/h1-6,14-15H,(H2,12,16). The van der Waals surface area contributed by atoms with E-state index in [0.717, 1.165) is 5.22 Å². The van der Waals surface area contributed by atoms with Crippen LogP contribution in [0.25, 0.3) is 12.0 Å². The van der Waals surface area contributed by atoms with Crippen molar-refractivity contribution in [1.82, 2.24) is 5.06 Å². The minimum Gasteiger partial charge on any atom is -0.493 e. The van der Waals surface area contributed by atoms with E-state index in [-0.39, 0.29) is 10.9 Å². The van der Waals surface area contributed by atoms with Crippen LogP contribution in [-0.4, -0.2) is 20.4 Å². The maximum Gasteiger partial charge on any atom is 0.223 e. The summed E-state index contributed by atoms with van der Waals surface area (Å²) in [4.78, 5) is 0.247. The number of rotatable bonds is 1. The number of fused-ring (bicyclic) bond motifs is 1. The molecule has 0 unspecified atom stereocenters. The zero-order valence-corrected chi connectivity index (χ0v) is 9.11. The van der Waals surface area contributed by atoms with Crippen molar-refractivity contribution in [3.63, 3.8) is 0 Å². The molecule has 5 heteroatoms. The topological polar surface area (TPSA) is 69.7 Å². The average Bonchev–Trinajstić information content (AvgIpc) is 2.40. The first-order valence-electron chi connectivity index (χ1n) is 4.59. The highest BCUT2D eigenvalue weighted by molar-refractivity contribution is 7.80. The van der Waals surface area contributed by atoms with Gasteiger partial charge in [0.05, 0.1) is 0 Å². The summed E-state index contributed by atoms with van der Waals surface area (Å²) in [5.74, 6) is -0.252. The van der Waals surface area contributed by atoms with Crippen LogP contribution in [0.2, 0.25) is 0 Å². The van der Waals surface area contributed by atoms with E-state index in [1.165, 1.54) is 6.20 Å². The lowest BCUT2D eigenvalue weighted by Crippen LogP contribution is -2.31. The molecule has 16 heavy (non-hydrogen) atoms. The fourth-order valence-electron chi connectivity index (χ4n) is 1.47. The number of nitrogens with two attached hydrogens (primary N) is 1. The predicted molar refractivity (Wildman–Crippen MR) is 64.8 cm³/mol. The van der Waals surface area contributed by atoms with Crippen molar-refractivity contribution in [2.24, 2.45) is 5.73 Å². The molecule has 1 aliphatic rings. The zero-order chi connectivity index (χ0) is 11.7. The number of aliphatic hydroxyl groups excluding tert-OH is 1. The van der Waals surface area contributed by atoms with Crippen molar-refractivity contribution in [3.05, 3.63) is 46.5 Å². The van der Waals surface area contributed by atoms with E-state index in [1.807, 2.05) is 0 Å². The van der Waals surface area contributed by atoms with E-state index in [9.17, 15) is 10.3 Å². The molecule has 1 aromatic carbocycles.